The topological polar surface area (TPSA) is 42.3 Å². The van der Waals surface area contributed by atoms with Crippen LogP contribution in [0.4, 0.5) is 4.39 Å². The van der Waals surface area contributed by atoms with E-state index in [1.165, 1.54) is 28.8 Å². The maximum Gasteiger partial charge on any atom is 0.243 e. The zero-order chi connectivity index (χ0) is 24.7. The summed E-state index contributed by atoms with van der Waals surface area (Å²) < 4.78 is 44.1. The molecule has 35 heavy (non-hydrogen) atoms. The minimum Gasteiger partial charge on any atom is -0.340 e. The molecule has 182 valence electrons. The van der Waals surface area contributed by atoms with E-state index in [2.05, 4.69) is 29.7 Å². The molecule has 0 radical (unpaired) electrons. The van der Waals surface area contributed by atoms with Gasteiger partial charge in [-0.1, -0.05) is 48.0 Å². The number of hydrogen-bond acceptors (Lipinski definition) is 2. The van der Waals surface area contributed by atoms with E-state index in [-0.39, 0.29) is 5.82 Å². The number of piperidine rings is 1. The van der Waals surface area contributed by atoms with E-state index in [1.54, 1.807) is 10.4 Å². The Labute approximate surface area is 207 Å². The molecule has 6 heteroatoms. The summed E-state index contributed by atoms with van der Waals surface area (Å²) in [5, 5.41) is 1.22. The number of sulfonamides is 1. The van der Waals surface area contributed by atoms with Gasteiger partial charge in [-0.2, -0.15) is 4.31 Å². The summed E-state index contributed by atoms with van der Waals surface area (Å²) in [6.45, 7) is 7.69. The van der Waals surface area contributed by atoms with Gasteiger partial charge in [-0.25, -0.2) is 12.8 Å². The first-order chi connectivity index (χ1) is 16.8. The van der Waals surface area contributed by atoms with Crippen LogP contribution < -0.4 is 0 Å². The summed E-state index contributed by atoms with van der Waals surface area (Å²) in [7, 11) is -3.51. The molecular weight excluding hydrogens is 459 g/mol. The molecule has 1 fully saturated rings. The molecule has 3 aromatic carbocycles. The van der Waals surface area contributed by atoms with Crippen molar-refractivity contribution in [3.63, 3.8) is 0 Å². The fourth-order valence-corrected chi connectivity index (χ4v) is 7.24. The third-order valence-corrected chi connectivity index (χ3v) is 9.40. The molecule has 4 nitrogen and oxygen atoms in total. The highest BCUT2D eigenvalue weighted by molar-refractivity contribution is 7.89. The average molecular weight is 491 g/mol. The van der Waals surface area contributed by atoms with Gasteiger partial charge in [0, 0.05) is 36.2 Å². The van der Waals surface area contributed by atoms with Crippen LogP contribution in [0.3, 0.4) is 0 Å². The third kappa shape index (κ3) is 4.41. The molecule has 1 aliphatic rings. The van der Waals surface area contributed by atoms with Crippen molar-refractivity contribution in [2.75, 3.05) is 13.1 Å². The third-order valence-electron chi connectivity index (χ3n) is 7.34. The van der Waals surface area contributed by atoms with Gasteiger partial charge in [0.2, 0.25) is 10.0 Å². The van der Waals surface area contributed by atoms with E-state index in [9.17, 15) is 12.8 Å². The van der Waals surface area contributed by atoms with Crippen molar-refractivity contribution in [1.29, 1.82) is 0 Å². The molecule has 1 aliphatic heterocycles. The maximum atomic E-state index is 13.4. The van der Waals surface area contributed by atoms with Crippen LogP contribution in [0.15, 0.2) is 71.6 Å². The van der Waals surface area contributed by atoms with Crippen molar-refractivity contribution in [3.8, 4) is 0 Å². The molecule has 0 aliphatic carbocycles. The summed E-state index contributed by atoms with van der Waals surface area (Å²) in [5.41, 5.74) is 6.59. The predicted molar refractivity (Wildman–Crippen MR) is 139 cm³/mol. The Morgan fingerprint density at radius 3 is 2.29 bits per heavy atom. The first-order valence-corrected chi connectivity index (χ1v) is 13.6. The first kappa shape index (κ1) is 23.8. The fraction of sp³-hybridized carbons (Fsp3) is 0.310. The molecule has 5 rings (SSSR count). The molecule has 0 saturated carbocycles. The Kier molecular flexibility index (Phi) is 6.28. The normalized spacial score (nSPS) is 15.7. The SMILES string of the molecule is Cc1ccc(S(=O)(=O)N2CCC(c3c(C)n(Cc4ccc(F)cc4)c4ccccc34)CC2)c(C)c1. The summed E-state index contributed by atoms with van der Waals surface area (Å²) in [5.74, 6) is 0.0611. The van der Waals surface area contributed by atoms with E-state index in [0.717, 1.165) is 35.0 Å². The minimum atomic E-state index is -3.51. The Morgan fingerprint density at radius 2 is 1.60 bits per heavy atom. The number of nitrogens with zero attached hydrogens (tertiary/aromatic N) is 2. The quantitative estimate of drug-likeness (QED) is 0.328. The number of halogens is 1. The summed E-state index contributed by atoms with van der Waals surface area (Å²) in [6.07, 6.45) is 1.57. The van der Waals surface area contributed by atoms with Crippen LogP contribution >= 0.6 is 0 Å². The molecule has 2 heterocycles. The molecule has 0 amide bonds. The summed E-state index contributed by atoms with van der Waals surface area (Å²) >= 11 is 0. The second-order valence-electron chi connectivity index (χ2n) is 9.68. The number of para-hydroxylation sites is 1. The lowest BCUT2D eigenvalue weighted by Gasteiger charge is -2.32. The Hall–Kier alpha value is -2.96. The Morgan fingerprint density at radius 1 is 0.914 bits per heavy atom. The van der Waals surface area contributed by atoms with Gasteiger partial charge >= 0.3 is 0 Å². The predicted octanol–water partition coefficient (Wildman–Crippen LogP) is 6.32. The molecular formula is C29H31FN2O2S. The Bertz CT molecular complexity index is 1480. The molecule has 1 saturated heterocycles. The van der Waals surface area contributed by atoms with Crippen LogP contribution in [0.5, 0.6) is 0 Å². The highest BCUT2D eigenvalue weighted by Crippen LogP contribution is 2.39. The molecule has 0 bridgehead atoms. The van der Waals surface area contributed by atoms with E-state index >= 15 is 0 Å². The van der Waals surface area contributed by atoms with Gasteiger partial charge in [0.1, 0.15) is 5.82 Å². The first-order valence-electron chi connectivity index (χ1n) is 12.2. The lowest BCUT2D eigenvalue weighted by molar-refractivity contribution is 0.319. The fourth-order valence-electron chi connectivity index (χ4n) is 5.56. The number of aromatic nitrogens is 1. The van der Waals surface area contributed by atoms with Crippen molar-refractivity contribution < 1.29 is 12.8 Å². The number of hydrogen-bond donors (Lipinski definition) is 0. The van der Waals surface area contributed by atoms with E-state index in [4.69, 9.17) is 0 Å². The largest absolute Gasteiger partial charge is 0.340 e. The van der Waals surface area contributed by atoms with Crippen molar-refractivity contribution in [3.05, 3.63) is 100 Å². The van der Waals surface area contributed by atoms with Crippen LogP contribution in [-0.4, -0.2) is 30.4 Å². The van der Waals surface area contributed by atoms with Crippen LogP contribution in [0, 0.1) is 26.6 Å². The standard InChI is InChI=1S/C29H31FN2O2S/c1-20-8-13-28(21(2)18-20)35(33,34)31-16-14-24(15-17-31)29-22(3)32(27-7-5-4-6-26(27)29)19-23-9-11-25(30)12-10-23/h4-13,18,24H,14-17,19H2,1-3H3. The van der Waals surface area contributed by atoms with Crippen LogP contribution in [0.1, 0.15) is 46.7 Å². The van der Waals surface area contributed by atoms with Gasteiger partial charge in [-0.05, 0) is 80.5 Å². The number of benzene rings is 3. The van der Waals surface area contributed by atoms with Crippen LogP contribution in [0.25, 0.3) is 10.9 Å². The van der Waals surface area contributed by atoms with E-state index in [0.29, 0.717) is 30.4 Å². The van der Waals surface area contributed by atoms with Crippen molar-refractivity contribution >= 4 is 20.9 Å². The Balaban J connectivity index is 1.42. The molecule has 4 aromatic rings. The molecule has 0 unspecified atom stereocenters. The molecule has 0 atom stereocenters. The number of aryl methyl sites for hydroxylation is 2. The highest BCUT2D eigenvalue weighted by atomic mass is 32.2. The monoisotopic (exact) mass is 490 g/mol. The molecule has 0 N–H and O–H groups in total. The van der Waals surface area contributed by atoms with Gasteiger partial charge in [-0.3, -0.25) is 0 Å². The van der Waals surface area contributed by atoms with Gasteiger partial charge < -0.3 is 4.57 Å². The second-order valence-corrected chi connectivity index (χ2v) is 11.6. The van der Waals surface area contributed by atoms with E-state index in [1.807, 2.05) is 44.2 Å². The highest BCUT2D eigenvalue weighted by Gasteiger charge is 2.32. The number of fused-ring (bicyclic) bond motifs is 1. The zero-order valence-electron chi connectivity index (χ0n) is 20.5. The van der Waals surface area contributed by atoms with Gasteiger partial charge in [0.15, 0.2) is 0 Å². The lowest BCUT2D eigenvalue weighted by atomic mass is 9.88. The lowest BCUT2D eigenvalue weighted by Crippen LogP contribution is -2.38. The average Bonchev–Trinajstić information content (AvgIpc) is 3.11. The number of rotatable bonds is 5. The smallest absolute Gasteiger partial charge is 0.243 e. The summed E-state index contributed by atoms with van der Waals surface area (Å²) in [6, 6.07) is 20.6. The molecule has 0 spiro atoms. The van der Waals surface area contributed by atoms with Gasteiger partial charge in [0.25, 0.3) is 0 Å². The van der Waals surface area contributed by atoms with Crippen LogP contribution in [-0.2, 0) is 16.6 Å². The van der Waals surface area contributed by atoms with Crippen LogP contribution in [0.2, 0.25) is 0 Å². The van der Waals surface area contributed by atoms with Crippen molar-refractivity contribution in [2.24, 2.45) is 0 Å². The second kappa shape index (κ2) is 9.25. The van der Waals surface area contributed by atoms with E-state index < -0.39 is 10.0 Å². The maximum absolute atomic E-state index is 13.4. The minimum absolute atomic E-state index is 0.230. The van der Waals surface area contributed by atoms with Crippen molar-refractivity contribution in [2.45, 2.75) is 51.0 Å². The zero-order valence-corrected chi connectivity index (χ0v) is 21.3. The molecule has 1 aromatic heterocycles. The van der Waals surface area contributed by atoms with Gasteiger partial charge in [0.05, 0.1) is 4.90 Å². The van der Waals surface area contributed by atoms with Gasteiger partial charge in [-0.15, -0.1) is 0 Å². The summed E-state index contributed by atoms with van der Waals surface area (Å²) in [4.78, 5) is 0.411. The van der Waals surface area contributed by atoms with Crippen molar-refractivity contribution in [1.82, 2.24) is 8.87 Å².